The highest BCUT2D eigenvalue weighted by Crippen LogP contribution is 2.39. The van der Waals surface area contributed by atoms with E-state index in [2.05, 4.69) is 6.92 Å². The average molecular weight is 252 g/mol. The Balaban J connectivity index is 1.79. The standard InChI is InChI=1S/C15H26NS/c1-2-3-4-5-8-13-9-6-7-10-14(13)15-16-11-12-17-15/h14H,2-12H2,1H3. The molecule has 0 aromatic heterocycles. The van der Waals surface area contributed by atoms with Crippen molar-refractivity contribution in [3.63, 3.8) is 0 Å². The van der Waals surface area contributed by atoms with Crippen LogP contribution in [0.3, 0.4) is 0 Å². The molecule has 2 rings (SSSR count). The van der Waals surface area contributed by atoms with E-state index in [4.69, 9.17) is 4.99 Å². The number of aliphatic imine (C=N–C) groups is 1. The van der Waals surface area contributed by atoms with Crippen LogP contribution in [0.25, 0.3) is 0 Å². The van der Waals surface area contributed by atoms with Gasteiger partial charge in [0.05, 0.1) is 5.04 Å². The summed E-state index contributed by atoms with van der Waals surface area (Å²) in [5.74, 6) is 3.83. The van der Waals surface area contributed by atoms with E-state index in [0.717, 1.165) is 12.5 Å². The van der Waals surface area contributed by atoms with E-state index in [-0.39, 0.29) is 0 Å². The number of nitrogens with zero attached hydrogens (tertiary/aromatic N) is 1. The zero-order chi connectivity index (χ0) is 11.9. The number of rotatable bonds is 6. The molecule has 0 amide bonds. The lowest BCUT2D eigenvalue weighted by atomic mass is 9.77. The molecule has 0 aromatic rings. The largest absolute Gasteiger partial charge is 0.282 e. The zero-order valence-corrected chi connectivity index (χ0v) is 12.0. The summed E-state index contributed by atoms with van der Waals surface area (Å²) < 4.78 is 0. The first-order valence-electron chi connectivity index (χ1n) is 7.43. The predicted molar refractivity (Wildman–Crippen MR) is 78.7 cm³/mol. The van der Waals surface area contributed by atoms with Gasteiger partial charge in [-0.25, -0.2) is 0 Å². The monoisotopic (exact) mass is 252 g/mol. The molecule has 1 radical (unpaired) electrons. The van der Waals surface area contributed by atoms with Crippen molar-refractivity contribution in [1.82, 2.24) is 0 Å². The minimum Gasteiger partial charge on any atom is -0.282 e. The second-order valence-corrected chi connectivity index (χ2v) is 6.45. The van der Waals surface area contributed by atoms with E-state index in [9.17, 15) is 0 Å². The lowest BCUT2D eigenvalue weighted by molar-refractivity contribution is 0.439. The summed E-state index contributed by atoms with van der Waals surface area (Å²) in [6.45, 7) is 3.36. The maximum atomic E-state index is 4.71. The molecule has 2 heteroatoms. The Bertz CT molecular complexity index is 249. The van der Waals surface area contributed by atoms with Gasteiger partial charge in [-0.1, -0.05) is 45.4 Å². The second-order valence-electron chi connectivity index (χ2n) is 5.34. The number of thioether (sulfide) groups is 1. The van der Waals surface area contributed by atoms with E-state index in [1.807, 2.05) is 17.7 Å². The van der Waals surface area contributed by atoms with Crippen LogP contribution >= 0.6 is 11.8 Å². The third-order valence-corrected chi connectivity index (χ3v) is 5.09. The third-order valence-electron chi connectivity index (χ3n) is 3.99. The third kappa shape index (κ3) is 4.01. The van der Waals surface area contributed by atoms with Gasteiger partial charge in [-0.2, -0.15) is 0 Å². The maximum Gasteiger partial charge on any atom is 0.0713 e. The van der Waals surface area contributed by atoms with E-state index < -0.39 is 0 Å². The molecule has 1 saturated carbocycles. The van der Waals surface area contributed by atoms with Crippen molar-refractivity contribution in [3.8, 4) is 0 Å². The summed E-state index contributed by atoms with van der Waals surface area (Å²) in [5.41, 5.74) is 0. The topological polar surface area (TPSA) is 12.4 Å². The number of hydrogen-bond acceptors (Lipinski definition) is 2. The highest BCUT2D eigenvalue weighted by Gasteiger charge is 2.30. The predicted octanol–water partition coefficient (Wildman–Crippen LogP) is 4.87. The molecule has 1 fully saturated rings. The number of hydrogen-bond donors (Lipinski definition) is 0. The van der Waals surface area contributed by atoms with E-state index in [1.165, 1.54) is 68.6 Å². The van der Waals surface area contributed by atoms with E-state index >= 15 is 0 Å². The van der Waals surface area contributed by atoms with Gasteiger partial charge in [0.1, 0.15) is 0 Å². The van der Waals surface area contributed by atoms with Crippen LogP contribution in [0.5, 0.6) is 0 Å². The molecular formula is C15H26NS. The first-order chi connectivity index (χ1) is 8.42. The molecule has 0 bridgehead atoms. The fourth-order valence-corrected chi connectivity index (χ4v) is 4.08. The van der Waals surface area contributed by atoms with Crippen molar-refractivity contribution in [3.05, 3.63) is 5.92 Å². The number of unbranched alkanes of at least 4 members (excludes halogenated alkanes) is 3. The van der Waals surface area contributed by atoms with Crippen LogP contribution in [0, 0.1) is 11.8 Å². The van der Waals surface area contributed by atoms with Crippen molar-refractivity contribution < 1.29 is 0 Å². The Labute approximate surface area is 111 Å². The highest BCUT2D eigenvalue weighted by molar-refractivity contribution is 8.14. The summed E-state index contributed by atoms with van der Waals surface area (Å²) in [4.78, 5) is 4.71. The molecule has 0 N–H and O–H groups in total. The van der Waals surface area contributed by atoms with Crippen LogP contribution in [0.15, 0.2) is 4.99 Å². The molecular weight excluding hydrogens is 226 g/mol. The molecule has 1 heterocycles. The van der Waals surface area contributed by atoms with Crippen LogP contribution in [0.4, 0.5) is 0 Å². The summed E-state index contributed by atoms with van der Waals surface area (Å²) in [5, 5.41) is 1.48. The molecule has 1 unspecified atom stereocenters. The molecule has 17 heavy (non-hydrogen) atoms. The normalized spacial score (nSPS) is 26.2. The lowest BCUT2D eigenvalue weighted by Gasteiger charge is -2.31. The quantitative estimate of drug-likeness (QED) is 0.614. The minimum absolute atomic E-state index is 0.762. The second kappa shape index (κ2) is 7.45. The Kier molecular flexibility index (Phi) is 5.90. The first kappa shape index (κ1) is 13.5. The molecule has 97 valence electrons. The Morgan fingerprint density at radius 3 is 2.94 bits per heavy atom. The van der Waals surface area contributed by atoms with Gasteiger partial charge in [0.2, 0.25) is 0 Å². The Morgan fingerprint density at radius 1 is 1.24 bits per heavy atom. The van der Waals surface area contributed by atoms with Gasteiger partial charge in [-0.05, 0) is 25.2 Å². The van der Waals surface area contributed by atoms with Crippen molar-refractivity contribution in [2.45, 2.75) is 64.7 Å². The first-order valence-corrected chi connectivity index (χ1v) is 8.42. The Morgan fingerprint density at radius 2 is 2.18 bits per heavy atom. The molecule has 0 spiro atoms. The molecule has 1 atom stereocenters. The molecule has 1 aliphatic carbocycles. The fourth-order valence-electron chi connectivity index (χ4n) is 3.02. The van der Waals surface area contributed by atoms with Crippen molar-refractivity contribution in [2.75, 3.05) is 12.3 Å². The van der Waals surface area contributed by atoms with Gasteiger partial charge in [-0.3, -0.25) is 4.99 Å². The molecule has 1 aliphatic heterocycles. The highest BCUT2D eigenvalue weighted by atomic mass is 32.2. The zero-order valence-electron chi connectivity index (χ0n) is 11.2. The summed E-state index contributed by atoms with van der Waals surface area (Å²) in [6.07, 6.45) is 12.6. The summed E-state index contributed by atoms with van der Waals surface area (Å²) >= 11 is 2.03. The van der Waals surface area contributed by atoms with Crippen molar-refractivity contribution >= 4 is 16.8 Å². The maximum absolute atomic E-state index is 4.71. The van der Waals surface area contributed by atoms with Gasteiger partial charge in [0, 0.05) is 18.2 Å². The van der Waals surface area contributed by atoms with Crippen molar-refractivity contribution in [1.29, 1.82) is 0 Å². The Hall–Kier alpha value is 0.0200. The molecule has 2 aliphatic rings. The van der Waals surface area contributed by atoms with Gasteiger partial charge in [-0.15, -0.1) is 11.8 Å². The average Bonchev–Trinajstić information content (AvgIpc) is 2.89. The lowest BCUT2D eigenvalue weighted by Crippen LogP contribution is -2.23. The fraction of sp³-hybridized carbons (Fsp3) is 0.867. The van der Waals surface area contributed by atoms with Crippen LogP contribution < -0.4 is 0 Å². The van der Waals surface area contributed by atoms with Crippen molar-refractivity contribution in [2.24, 2.45) is 10.9 Å². The van der Waals surface area contributed by atoms with Gasteiger partial charge < -0.3 is 0 Å². The molecule has 1 nitrogen and oxygen atoms in total. The van der Waals surface area contributed by atoms with Gasteiger partial charge >= 0.3 is 0 Å². The van der Waals surface area contributed by atoms with E-state index in [0.29, 0.717) is 0 Å². The molecule has 0 aromatic carbocycles. The smallest absolute Gasteiger partial charge is 0.0713 e. The minimum atomic E-state index is 0.762. The SMILES string of the molecule is CCCCCC[C]1CCCCC1C1=NCCS1. The summed E-state index contributed by atoms with van der Waals surface area (Å²) in [7, 11) is 0. The van der Waals surface area contributed by atoms with Crippen LogP contribution in [-0.2, 0) is 0 Å². The van der Waals surface area contributed by atoms with Crippen LogP contribution in [0.2, 0.25) is 0 Å². The van der Waals surface area contributed by atoms with Crippen LogP contribution in [0.1, 0.15) is 64.7 Å². The van der Waals surface area contributed by atoms with Gasteiger partial charge in [0.15, 0.2) is 0 Å². The van der Waals surface area contributed by atoms with Gasteiger partial charge in [0.25, 0.3) is 0 Å². The van der Waals surface area contributed by atoms with E-state index in [1.54, 1.807) is 0 Å². The van der Waals surface area contributed by atoms with Crippen LogP contribution in [-0.4, -0.2) is 17.3 Å². The summed E-state index contributed by atoms with van der Waals surface area (Å²) in [6, 6.07) is 0. The molecule has 0 saturated heterocycles.